The van der Waals surface area contributed by atoms with Crippen LogP contribution in [0.1, 0.15) is 30.7 Å². The SMILES string of the molecule is O=C(O)C1[C@H]2CCC[C@H]1C2c1ccccc1. The molecule has 0 saturated heterocycles. The quantitative estimate of drug-likeness (QED) is 0.825. The Hall–Kier alpha value is -1.31. The molecule has 2 aliphatic carbocycles. The minimum absolute atomic E-state index is 0.0704. The molecule has 1 aromatic carbocycles. The van der Waals surface area contributed by atoms with E-state index in [-0.39, 0.29) is 5.92 Å². The maximum absolute atomic E-state index is 11.2. The van der Waals surface area contributed by atoms with Gasteiger partial charge in [-0.15, -0.1) is 0 Å². The average Bonchev–Trinajstić information content (AvgIpc) is 2.30. The molecule has 2 heteroatoms. The summed E-state index contributed by atoms with van der Waals surface area (Å²) < 4.78 is 0. The van der Waals surface area contributed by atoms with Gasteiger partial charge in [0.25, 0.3) is 0 Å². The lowest BCUT2D eigenvalue weighted by Gasteiger charge is -2.54. The van der Waals surface area contributed by atoms with E-state index in [0.717, 1.165) is 12.8 Å². The van der Waals surface area contributed by atoms with Crippen molar-refractivity contribution in [3.63, 3.8) is 0 Å². The standard InChI is InChI=1S/C14H16O2/c15-14(16)13-10-7-4-8-11(13)12(10)9-5-2-1-3-6-9/h1-3,5-6,10-13H,4,7-8H2,(H,15,16)/t10-,11-,12?,13?/m0/s1. The van der Waals surface area contributed by atoms with Crippen LogP contribution in [0.25, 0.3) is 0 Å². The molecule has 2 fully saturated rings. The van der Waals surface area contributed by atoms with E-state index in [4.69, 9.17) is 0 Å². The van der Waals surface area contributed by atoms with Gasteiger partial charge in [0.05, 0.1) is 5.92 Å². The summed E-state index contributed by atoms with van der Waals surface area (Å²) in [5, 5.41) is 9.20. The molecule has 2 nitrogen and oxygen atoms in total. The predicted octanol–water partition coefficient (Wildman–Crippen LogP) is 2.90. The second-order valence-electron chi connectivity index (χ2n) is 5.06. The fourth-order valence-corrected chi connectivity index (χ4v) is 3.78. The highest BCUT2D eigenvalue weighted by Crippen LogP contribution is 2.59. The summed E-state index contributed by atoms with van der Waals surface area (Å²) >= 11 is 0. The largest absolute Gasteiger partial charge is 0.481 e. The topological polar surface area (TPSA) is 37.3 Å². The zero-order chi connectivity index (χ0) is 11.1. The molecule has 2 atom stereocenters. The van der Waals surface area contributed by atoms with Crippen molar-refractivity contribution in [2.45, 2.75) is 25.2 Å². The summed E-state index contributed by atoms with van der Waals surface area (Å²) in [7, 11) is 0. The van der Waals surface area contributed by atoms with Crippen molar-refractivity contribution in [1.82, 2.24) is 0 Å². The van der Waals surface area contributed by atoms with E-state index < -0.39 is 5.97 Å². The van der Waals surface area contributed by atoms with Gasteiger partial charge in [-0.25, -0.2) is 0 Å². The summed E-state index contributed by atoms with van der Waals surface area (Å²) in [6.45, 7) is 0. The Balaban J connectivity index is 1.88. The molecular formula is C14H16O2. The molecule has 0 aromatic heterocycles. The third-order valence-corrected chi connectivity index (χ3v) is 4.39. The summed E-state index contributed by atoms with van der Waals surface area (Å²) in [6.07, 6.45) is 3.39. The van der Waals surface area contributed by atoms with Crippen LogP contribution < -0.4 is 0 Å². The molecule has 0 aliphatic heterocycles. The summed E-state index contributed by atoms with van der Waals surface area (Å²) in [4.78, 5) is 11.2. The van der Waals surface area contributed by atoms with E-state index in [0.29, 0.717) is 17.8 Å². The van der Waals surface area contributed by atoms with Gasteiger partial charge in [-0.05, 0) is 36.2 Å². The van der Waals surface area contributed by atoms with Crippen LogP contribution in [0.2, 0.25) is 0 Å². The van der Waals surface area contributed by atoms with Crippen LogP contribution in [0.4, 0.5) is 0 Å². The fraction of sp³-hybridized carbons (Fsp3) is 0.500. The Morgan fingerprint density at radius 1 is 1.12 bits per heavy atom. The number of carbonyl (C=O) groups is 1. The van der Waals surface area contributed by atoms with Gasteiger partial charge >= 0.3 is 5.97 Å². The lowest BCUT2D eigenvalue weighted by Crippen LogP contribution is -2.51. The Morgan fingerprint density at radius 3 is 2.31 bits per heavy atom. The van der Waals surface area contributed by atoms with Gasteiger partial charge in [0, 0.05) is 0 Å². The van der Waals surface area contributed by atoms with Crippen molar-refractivity contribution < 1.29 is 9.90 Å². The smallest absolute Gasteiger partial charge is 0.307 e. The zero-order valence-electron chi connectivity index (χ0n) is 9.17. The first-order valence-corrected chi connectivity index (χ1v) is 6.07. The van der Waals surface area contributed by atoms with Crippen molar-refractivity contribution in [2.24, 2.45) is 17.8 Å². The minimum atomic E-state index is -0.582. The predicted molar refractivity (Wildman–Crippen MR) is 61.1 cm³/mol. The lowest BCUT2D eigenvalue weighted by atomic mass is 9.48. The highest BCUT2D eigenvalue weighted by Gasteiger charge is 2.55. The summed E-state index contributed by atoms with van der Waals surface area (Å²) in [6, 6.07) is 10.4. The highest BCUT2D eigenvalue weighted by atomic mass is 16.4. The molecule has 2 aliphatic rings. The van der Waals surface area contributed by atoms with Crippen LogP contribution in [0.15, 0.2) is 30.3 Å². The van der Waals surface area contributed by atoms with E-state index in [1.807, 2.05) is 6.07 Å². The number of hydrogen-bond acceptors (Lipinski definition) is 1. The molecule has 2 saturated carbocycles. The van der Waals surface area contributed by atoms with Crippen molar-refractivity contribution in [2.75, 3.05) is 0 Å². The number of carboxylic acids is 1. The zero-order valence-corrected chi connectivity index (χ0v) is 9.17. The molecule has 84 valence electrons. The van der Waals surface area contributed by atoms with Crippen LogP contribution in [0, 0.1) is 17.8 Å². The monoisotopic (exact) mass is 216 g/mol. The van der Waals surface area contributed by atoms with Crippen molar-refractivity contribution in [1.29, 1.82) is 0 Å². The number of hydrogen-bond donors (Lipinski definition) is 1. The third kappa shape index (κ3) is 1.29. The lowest BCUT2D eigenvalue weighted by molar-refractivity contribution is -0.159. The van der Waals surface area contributed by atoms with Gasteiger partial charge < -0.3 is 5.11 Å². The van der Waals surface area contributed by atoms with Crippen molar-refractivity contribution in [3.8, 4) is 0 Å². The first-order chi connectivity index (χ1) is 7.79. The first-order valence-electron chi connectivity index (χ1n) is 6.07. The average molecular weight is 216 g/mol. The molecule has 1 aromatic rings. The van der Waals surface area contributed by atoms with Gasteiger partial charge in [0.2, 0.25) is 0 Å². The second-order valence-corrected chi connectivity index (χ2v) is 5.06. The number of benzene rings is 1. The summed E-state index contributed by atoms with van der Waals surface area (Å²) in [5.41, 5.74) is 1.34. The number of carboxylic acid groups (broad SMARTS) is 1. The molecule has 0 radical (unpaired) electrons. The molecule has 0 spiro atoms. The van der Waals surface area contributed by atoms with Gasteiger partial charge in [0.15, 0.2) is 0 Å². The Labute approximate surface area is 95.3 Å². The van der Waals surface area contributed by atoms with Gasteiger partial charge in [-0.1, -0.05) is 36.8 Å². The fourth-order valence-electron chi connectivity index (χ4n) is 3.78. The maximum Gasteiger partial charge on any atom is 0.307 e. The molecule has 16 heavy (non-hydrogen) atoms. The van der Waals surface area contributed by atoms with Crippen LogP contribution in [-0.4, -0.2) is 11.1 Å². The number of aliphatic carboxylic acids is 1. The minimum Gasteiger partial charge on any atom is -0.481 e. The van der Waals surface area contributed by atoms with E-state index in [2.05, 4.69) is 24.3 Å². The van der Waals surface area contributed by atoms with Crippen molar-refractivity contribution >= 4 is 5.97 Å². The molecular weight excluding hydrogens is 200 g/mol. The Morgan fingerprint density at radius 2 is 1.75 bits per heavy atom. The molecule has 0 unspecified atom stereocenters. The molecule has 3 rings (SSSR count). The Bertz CT molecular complexity index is 386. The number of rotatable bonds is 2. The van der Waals surface area contributed by atoms with Gasteiger partial charge in [0.1, 0.15) is 0 Å². The van der Waals surface area contributed by atoms with E-state index in [1.165, 1.54) is 12.0 Å². The third-order valence-electron chi connectivity index (χ3n) is 4.39. The van der Waals surface area contributed by atoms with E-state index >= 15 is 0 Å². The highest BCUT2D eigenvalue weighted by molar-refractivity contribution is 5.73. The normalized spacial score (nSPS) is 36.5. The Kier molecular flexibility index (Phi) is 2.23. The molecule has 0 amide bonds. The summed E-state index contributed by atoms with van der Waals surface area (Å²) in [5.74, 6) is 0.634. The van der Waals surface area contributed by atoms with Gasteiger partial charge in [-0.3, -0.25) is 4.79 Å². The molecule has 2 bridgehead atoms. The first kappa shape index (κ1) is 9.88. The molecule has 1 N–H and O–H groups in total. The van der Waals surface area contributed by atoms with Crippen LogP contribution in [0.5, 0.6) is 0 Å². The van der Waals surface area contributed by atoms with E-state index in [1.54, 1.807) is 0 Å². The second kappa shape index (κ2) is 3.62. The van der Waals surface area contributed by atoms with Crippen molar-refractivity contribution in [3.05, 3.63) is 35.9 Å². The van der Waals surface area contributed by atoms with Crippen LogP contribution >= 0.6 is 0 Å². The van der Waals surface area contributed by atoms with Crippen LogP contribution in [0.3, 0.4) is 0 Å². The molecule has 0 heterocycles. The van der Waals surface area contributed by atoms with Crippen LogP contribution in [-0.2, 0) is 4.79 Å². The number of fused-ring (bicyclic) bond motifs is 2. The van der Waals surface area contributed by atoms with Gasteiger partial charge in [-0.2, -0.15) is 0 Å². The van der Waals surface area contributed by atoms with E-state index in [9.17, 15) is 9.90 Å². The maximum atomic E-state index is 11.2.